The average Bonchev–Trinajstić information content (AvgIpc) is 2.76. The molecule has 2 rings (SSSR count). The first-order valence-electron chi connectivity index (χ1n) is 5.50. The molecule has 0 saturated heterocycles. The van der Waals surface area contributed by atoms with Crippen molar-refractivity contribution in [1.29, 1.82) is 0 Å². The summed E-state index contributed by atoms with van der Waals surface area (Å²) in [6.07, 6.45) is 0.227. The molecule has 18 heavy (non-hydrogen) atoms. The number of ether oxygens (including phenoxy) is 3. The van der Waals surface area contributed by atoms with Gasteiger partial charge in [0.05, 0.1) is 6.61 Å². The van der Waals surface area contributed by atoms with Crippen LogP contribution in [0.4, 0.5) is 0 Å². The maximum Gasteiger partial charge on any atom is 0.320 e. The minimum atomic E-state index is -1.03. The van der Waals surface area contributed by atoms with Crippen molar-refractivity contribution in [2.24, 2.45) is 5.73 Å². The Morgan fingerprint density at radius 2 is 2.06 bits per heavy atom. The van der Waals surface area contributed by atoms with Crippen molar-refractivity contribution in [2.45, 2.75) is 19.1 Å². The highest BCUT2D eigenvalue weighted by Crippen LogP contribution is 2.35. The quantitative estimate of drug-likeness (QED) is 0.794. The fraction of sp³-hybridized carbons (Fsp3) is 0.417. The summed E-state index contributed by atoms with van der Waals surface area (Å²) in [6, 6.07) is 2.62. The van der Waals surface area contributed by atoms with Gasteiger partial charge in [0.2, 0.25) is 6.79 Å². The van der Waals surface area contributed by atoms with Crippen molar-refractivity contribution in [3.05, 3.63) is 23.3 Å². The first-order chi connectivity index (χ1) is 8.61. The van der Waals surface area contributed by atoms with E-state index in [1.807, 2.05) is 0 Å². The van der Waals surface area contributed by atoms with Gasteiger partial charge in [0.25, 0.3) is 0 Å². The van der Waals surface area contributed by atoms with Gasteiger partial charge in [-0.2, -0.15) is 0 Å². The number of carboxylic acid groups (broad SMARTS) is 1. The third-order valence-electron chi connectivity index (χ3n) is 2.75. The third-order valence-corrected chi connectivity index (χ3v) is 2.75. The van der Waals surface area contributed by atoms with E-state index in [0.29, 0.717) is 18.1 Å². The van der Waals surface area contributed by atoms with Gasteiger partial charge in [0, 0.05) is 7.11 Å². The number of hydrogen-bond donors (Lipinski definition) is 2. The molecule has 0 spiro atoms. The third kappa shape index (κ3) is 2.55. The van der Waals surface area contributed by atoms with Crippen LogP contribution in [0.1, 0.15) is 11.1 Å². The molecule has 0 bridgehead atoms. The van der Waals surface area contributed by atoms with Crippen LogP contribution in [0.25, 0.3) is 0 Å². The maximum atomic E-state index is 10.8. The zero-order valence-corrected chi connectivity index (χ0v) is 10.0. The molecule has 1 aliphatic rings. The fourth-order valence-electron chi connectivity index (χ4n) is 1.83. The molecule has 0 fully saturated rings. The Hall–Kier alpha value is -1.79. The summed E-state index contributed by atoms with van der Waals surface area (Å²) in [5, 5.41) is 8.85. The predicted molar refractivity (Wildman–Crippen MR) is 62.6 cm³/mol. The van der Waals surface area contributed by atoms with Crippen LogP contribution in [0.5, 0.6) is 11.5 Å². The maximum absolute atomic E-state index is 10.8. The molecular weight excluding hydrogens is 238 g/mol. The number of aliphatic carboxylic acids is 1. The second-order valence-electron chi connectivity index (χ2n) is 4.06. The van der Waals surface area contributed by atoms with Gasteiger partial charge in [0.15, 0.2) is 11.5 Å². The van der Waals surface area contributed by atoms with Crippen LogP contribution in [0.3, 0.4) is 0 Å². The Balaban J connectivity index is 2.29. The summed E-state index contributed by atoms with van der Waals surface area (Å²) in [7, 11) is 1.57. The number of carboxylic acids is 1. The summed E-state index contributed by atoms with van der Waals surface area (Å²) >= 11 is 0. The molecule has 1 atom stereocenters. The van der Waals surface area contributed by atoms with Crippen LogP contribution in [0, 0.1) is 0 Å². The van der Waals surface area contributed by atoms with E-state index in [1.54, 1.807) is 19.2 Å². The Labute approximate surface area is 104 Å². The van der Waals surface area contributed by atoms with E-state index >= 15 is 0 Å². The number of fused-ring (bicyclic) bond motifs is 1. The zero-order valence-electron chi connectivity index (χ0n) is 10.0. The molecule has 1 heterocycles. The smallest absolute Gasteiger partial charge is 0.320 e. The Morgan fingerprint density at radius 1 is 1.44 bits per heavy atom. The number of carbonyl (C=O) groups is 1. The van der Waals surface area contributed by atoms with Crippen molar-refractivity contribution >= 4 is 5.97 Å². The predicted octanol–water partition coefficient (Wildman–Crippen LogP) is 0.516. The van der Waals surface area contributed by atoms with Gasteiger partial charge < -0.3 is 25.1 Å². The first-order valence-corrected chi connectivity index (χ1v) is 5.50. The second kappa shape index (κ2) is 5.24. The van der Waals surface area contributed by atoms with Gasteiger partial charge in [-0.3, -0.25) is 4.79 Å². The molecule has 6 heteroatoms. The van der Waals surface area contributed by atoms with Crippen molar-refractivity contribution in [1.82, 2.24) is 0 Å². The lowest BCUT2D eigenvalue weighted by Gasteiger charge is -2.12. The molecular formula is C12H15NO5. The Bertz CT molecular complexity index is 460. The van der Waals surface area contributed by atoms with Crippen LogP contribution >= 0.6 is 0 Å². The molecule has 0 saturated carbocycles. The summed E-state index contributed by atoms with van der Waals surface area (Å²) in [5.41, 5.74) is 7.21. The summed E-state index contributed by atoms with van der Waals surface area (Å²) < 4.78 is 15.6. The van der Waals surface area contributed by atoms with Gasteiger partial charge in [-0.25, -0.2) is 0 Å². The summed E-state index contributed by atoms with van der Waals surface area (Å²) in [6.45, 7) is 0.550. The highest BCUT2D eigenvalue weighted by Gasteiger charge is 2.20. The van der Waals surface area contributed by atoms with E-state index in [-0.39, 0.29) is 13.2 Å². The zero-order chi connectivity index (χ0) is 13.1. The van der Waals surface area contributed by atoms with Crippen LogP contribution in [0.2, 0.25) is 0 Å². The summed E-state index contributed by atoms with van der Waals surface area (Å²) in [4.78, 5) is 10.8. The molecule has 1 aromatic carbocycles. The molecule has 0 aliphatic carbocycles. The van der Waals surface area contributed by atoms with E-state index in [9.17, 15) is 4.79 Å². The van der Waals surface area contributed by atoms with Gasteiger partial charge in [0.1, 0.15) is 6.04 Å². The molecule has 6 nitrogen and oxygen atoms in total. The Kier molecular flexibility index (Phi) is 3.69. The van der Waals surface area contributed by atoms with Gasteiger partial charge in [-0.05, 0) is 29.7 Å². The largest absolute Gasteiger partial charge is 0.480 e. The monoisotopic (exact) mass is 253 g/mol. The molecule has 0 amide bonds. The van der Waals surface area contributed by atoms with Gasteiger partial charge in [-0.1, -0.05) is 0 Å². The Morgan fingerprint density at radius 3 is 2.61 bits per heavy atom. The minimum absolute atomic E-state index is 0.177. The lowest BCUT2D eigenvalue weighted by Crippen LogP contribution is -2.32. The fourth-order valence-corrected chi connectivity index (χ4v) is 1.83. The average molecular weight is 253 g/mol. The molecule has 0 aromatic heterocycles. The number of hydrogen-bond acceptors (Lipinski definition) is 5. The van der Waals surface area contributed by atoms with Crippen molar-refractivity contribution < 1.29 is 24.1 Å². The molecule has 1 aliphatic heterocycles. The van der Waals surface area contributed by atoms with Crippen LogP contribution in [-0.4, -0.2) is 31.0 Å². The number of rotatable bonds is 5. The van der Waals surface area contributed by atoms with E-state index in [0.717, 1.165) is 11.1 Å². The van der Waals surface area contributed by atoms with Crippen LogP contribution in [0.15, 0.2) is 12.1 Å². The SMILES string of the molecule is COCc1cc2c(cc1CC(N)C(=O)O)OCO2. The van der Waals surface area contributed by atoms with Crippen LogP contribution < -0.4 is 15.2 Å². The second-order valence-corrected chi connectivity index (χ2v) is 4.06. The van der Waals surface area contributed by atoms with Gasteiger partial charge in [-0.15, -0.1) is 0 Å². The standard InChI is InChI=1S/C12H15NO5/c1-16-5-8-4-11-10(17-6-18-11)3-7(8)2-9(13)12(14)15/h3-4,9H,2,5-6,13H2,1H3,(H,14,15). The molecule has 0 radical (unpaired) electrons. The topological polar surface area (TPSA) is 91.0 Å². The number of benzene rings is 1. The van der Waals surface area contributed by atoms with E-state index < -0.39 is 12.0 Å². The van der Waals surface area contributed by atoms with Crippen molar-refractivity contribution in [2.75, 3.05) is 13.9 Å². The highest BCUT2D eigenvalue weighted by molar-refractivity contribution is 5.73. The molecule has 1 unspecified atom stereocenters. The number of nitrogens with two attached hydrogens (primary N) is 1. The number of methoxy groups -OCH3 is 1. The highest BCUT2D eigenvalue weighted by atomic mass is 16.7. The van der Waals surface area contributed by atoms with Crippen LogP contribution in [-0.2, 0) is 22.6 Å². The molecule has 98 valence electrons. The van der Waals surface area contributed by atoms with Crippen molar-refractivity contribution in [3.63, 3.8) is 0 Å². The molecule has 1 aromatic rings. The van der Waals surface area contributed by atoms with E-state index in [1.165, 1.54) is 0 Å². The summed E-state index contributed by atoms with van der Waals surface area (Å²) in [5.74, 6) is 0.230. The minimum Gasteiger partial charge on any atom is -0.480 e. The lowest BCUT2D eigenvalue weighted by atomic mass is 10.00. The first kappa shape index (κ1) is 12.7. The molecule has 3 N–H and O–H groups in total. The van der Waals surface area contributed by atoms with E-state index in [2.05, 4.69) is 0 Å². The van der Waals surface area contributed by atoms with Crippen molar-refractivity contribution in [3.8, 4) is 11.5 Å². The van der Waals surface area contributed by atoms with Gasteiger partial charge >= 0.3 is 5.97 Å². The normalized spacial score (nSPS) is 14.6. The lowest BCUT2D eigenvalue weighted by molar-refractivity contribution is -0.138. The van der Waals surface area contributed by atoms with E-state index in [4.69, 9.17) is 25.1 Å².